The van der Waals surface area contributed by atoms with E-state index in [0.717, 1.165) is 5.56 Å². The molecule has 0 saturated heterocycles. The van der Waals surface area contributed by atoms with E-state index in [1.807, 2.05) is 6.07 Å². The molecule has 0 fully saturated rings. The van der Waals surface area contributed by atoms with E-state index < -0.39 is 17.6 Å². The maximum absolute atomic E-state index is 13.2. The standard InChI is InChI=1S/C19H21FN2O4/c1-12-4-6-14(20)11-15(12)22-19(24)18(23)21-9-8-13-5-7-16(25-2)17(10-13)26-3/h4-7,10-11H,8-9H2,1-3H3,(H,21,23)(H,22,24). The van der Waals surface area contributed by atoms with E-state index in [2.05, 4.69) is 10.6 Å². The molecule has 0 aliphatic carbocycles. The first-order valence-corrected chi connectivity index (χ1v) is 8.01. The number of anilines is 1. The topological polar surface area (TPSA) is 76.7 Å². The lowest BCUT2D eigenvalue weighted by Crippen LogP contribution is -2.36. The van der Waals surface area contributed by atoms with Gasteiger partial charge in [0.05, 0.1) is 14.2 Å². The summed E-state index contributed by atoms with van der Waals surface area (Å²) >= 11 is 0. The Kier molecular flexibility index (Phi) is 6.54. The van der Waals surface area contributed by atoms with Crippen LogP contribution >= 0.6 is 0 Å². The molecule has 2 amide bonds. The summed E-state index contributed by atoms with van der Waals surface area (Å²) in [7, 11) is 3.10. The molecule has 7 heteroatoms. The van der Waals surface area contributed by atoms with Gasteiger partial charge in [0.2, 0.25) is 0 Å². The second kappa shape index (κ2) is 8.84. The van der Waals surface area contributed by atoms with Crippen LogP contribution in [0.4, 0.5) is 10.1 Å². The number of ether oxygens (including phenoxy) is 2. The number of methoxy groups -OCH3 is 2. The third kappa shape index (κ3) is 4.95. The Morgan fingerprint density at radius 1 is 1.00 bits per heavy atom. The number of halogens is 1. The third-order valence-corrected chi connectivity index (χ3v) is 3.80. The summed E-state index contributed by atoms with van der Waals surface area (Å²) in [5.41, 5.74) is 1.85. The van der Waals surface area contributed by atoms with Crippen molar-refractivity contribution in [1.82, 2.24) is 5.32 Å². The highest BCUT2D eigenvalue weighted by Crippen LogP contribution is 2.27. The number of amides is 2. The molecule has 0 aliphatic rings. The fourth-order valence-electron chi connectivity index (χ4n) is 2.34. The molecule has 0 saturated carbocycles. The molecule has 0 aromatic heterocycles. The van der Waals surface area contributed by atoms with Crippen molar-refractivity contribution in [2.75, 3.05) is 26.1 Å². The van der Waals surface area contributed by atoms with Crippen LogP contribution in [-0.4, -0.2) is 32.6 Å². The van der Waals surface area contributed by atoms with Gasteiger partial charge >= 0.3 is 11.8 Å². The molecule has 0 radical (unpaired) electrons. The summed E-state index contributed by atoms with van der Waals surface area (Å²) in [5.74, 6) is -0.902. The van der Waals surface area contributed by atoms with Gasteiger partial charge < -0.3 is 20.1 Å². The van der Waals surface area contributed by atoms with E-state index >= 15 is 0 Å². The lowest BCUT2D eigenvalue weighted by Gasteiger charge is -2.11. The lowest BCUT2D eigenvalue weighted by atomic mass is 10.1. The summed E-state index contributed by atoms with van der Waals surface area (Å²) in [6, 6.07) is 9.42. The second-order valence-corrected chi connectivity index (χ2v) is 5.61. The van der Waals surface area contributed by atoms with E-state index in [4.69, 9.17) is 9.47 Å². The molecule has 0 atom stereocenters. The summed E-state index contributed by atoms with van der Waals surface area (Å²) in [6.45, 7) is 1.98. The van der Waals surface area contributed by atoms with Crippen LogP contribution in [0, 0.1) is 12.7 Å². The Hall–Kier alpha value is -3.09. The largest absolute Gasteiger partial charge is 0.493 e. The van der Waals surface area contributed by atoms with Gasteiger partial charge in [0.25, 0.3) is 0 Å². The SMILES string of the molecule is COc1ccc(CCNC(=O)C(=O)Nc2cc(F)ccc2C)cc1OC. The van der Waals surface area contributed by atoms with E-state index in [1.54, 1.807) is 33.3 Å². The predicted molar refractivity (Wildman–Crippen MR) is 96.0 cm³/mol. The minimum atomic E-state index is -0.842. The smallest absolute Gasteiger partial charge is 0.313 e. The van der Waals surface area contributed by atoms with Crippen molar-refractivity contribution in [1.29, 1.82) is 0 Å². The molecule has 2 rings (SSSR count). The van der Waals surface area contributed by atoms with Crippen LogP contribution in [0.5, 0.6) is 11.5 Å². The van der Waals surface area contributed by atoms with Gasteiger partial charge in [-0.15, -0.1) is 0 Å². The second-order valence-electron chi connectivity index (χ2n) is 5.61. The van der Waals surface area contributed by atoms with Crippen molar-refractivity contribution in [3.05, 3.63) is 53.3 Å². The van der Waals surface area contributed by atoms with Gasteiger partial charge in [0, 0.05) is 12.2 Å². The molecule has 0 bridgehead atoms. The fourth-order valence-corrected chi connectivity index (χ4v) is 2.34. The molecule has 0 aliphatic heterocycles. The maximum atomic E-state index is 13.2. The van der Waals surface area contributed by atoms with Gasteiger partial charge in [-0.2, -0.15) is 0 Å². The van der Waals surface area contributed by atoms with Crippen LogP contribution in [0.15, 0.2) is 36.4 Å². The highest BCUT2D eigenvalue weighted by atomic mass is 19.1. The predicted octanol–water partition coefficient (Wildman–Crippen LogP) is 2.45. The minimum absolute atomic E-state index is 0.268. The average molecular weight is 360 g/mol. The van der Waals surface area contributed by atoms with Crippen molar-refractivity contribution in [2.45, 2.75) is 13.3 Å². The molecule has 138 valence electrons. The van der Waals surface area contributed by atoms with Gasteiger partial charge in [-0.3, -0.25) is 9.59 Å². The van der Waals surface area contributed by atoms with Crippen LogP contribution in [0.25, 0.3) is 0 Å². The normalized spacial score (nSPS) is 10.2. The van der Waals surface area contributed by atoms with Gasteiger partial charge in [0.1, 0.15) is 5.82 Å². The van der Waals surface area contributed by atoms with E-state index in [9.17, 15) is 14.0 Å². The Morgan fingerprint density at radius 3 is 2.42 bits per heavy atom. The molecular weight excluding hydrogens is 339 g/mol. The Balaban J connectivity index is 1.88. The zero-order chi connectivity index (χ0) is 19.1. The number of rotatable bonds is 6. The summed E-state index contributed by atoms with van der Waals surface area (Å²) in [4.78, 5) is 23.8. The van der Waals surface area contributed by atoms with Crippen LogP contribution in [0.2, 0.25) is 0 Å². The van der Waals surface area contributed by atoms with Crippen LogP contribution in [0.1, 0.15) is 11.1 Å². The zero-order valence-corrected chi connectivity index (χ0v) is 14.9. The molecule has 0 spiro atoms. The number of carbonyl (C=O) groups excluding carboxylic acids is 2. The molecule has 2 aromatic rings. The quantitative estimate of drug-likeness (QED) is 0.776. The maximum Gasteiger partial charge on any atom is 0.313 e. The first-order chi connectivity index (χ1) is 12.4. The molecule has 6 nitrogen and oxygen atoms in total. The van der Waals surface area contributed by atoms with Gasteiger partial charge in [-0.1, -0.05) is 12.1 Å². The Morgan fingerprint density at radius 2 is 1.73 bits per heavy atom. The summed E-state index contributed by atoms with van der Waals surface area (Å²) in [6.07, 6.45) is 0.512. The van der Waals surface area contributed by atoms with Crippen LogP contribution in [-0.2, 0) is 16.0 Å². The third-order valence-electron chi connectivity index (χ3n) is 3.80. The van der Waals surface area contributed by atoms with Crippen molar-refractivity contribution < 1.29 is 23.5 Å². The van der Waals surface area contributed by atoms with Crippen LogP contribution in [0.3, 0.4) is 0 Å². The number of nitrogens with one attached hydrogen (secondary N) is 2. The summed E-state index contributed by atoms with van der Waals surface area (Å²) in [5, 5.41) is 4.94. The number of carbonyl (C=O) groups is 2. The first kappa shape index (κ1) is 19.2. The van der Waals surface area contributed by atoms with Gasteiger partial charge in [-0.25, -0.2) is 4.39 Å². The highest BCUT2D eigenvalue weighted by molar-refractivity contribution is 6.39. The van der Waals surface area contributed by atoms with E-state index in [-0.39, 0.29) is 12.2 Å². The molecule has 0 heterocycles. The molecule has 2 aromatic carbocycles. The number of benzene rings is 2. The first-order valence-electron chi connectivity index (χ1n) is 8.01. The van der Waals surface area contributed by atoms with Crippen LogP contribution < -0.4 is 20.1 Å². The Bertz CT molecular complexity index is 808. The van der Waals surface area contributed by atoms with Gasteiger partial charge in [0.15, 0.2) is 11.5 Å². The van der Waals surface area contributed by atoms with Crippen molar-refractivity contribution in [2.24, 2.45) is 0 Å². The average Bonchev–Trinajstić information content (AvgIpc) is 2.64. The molecule has 26 heavy (non-hydrogen) atoms. The van der Waals surface area contributed by atoms with Crippen molar-refractivity contribution >= 4 is 17.5 Å². The monoisotopic (exact) mass is 360 g/mol. The number of hydrogen-bond acceptors (Lipinski definition) is 4. The zero-order valence-electron chi connectivity index (χ0n) is 14.9. The molecule has 0 unspecified atom stereocenters. The van der Waals surface area contributed by atoms with Crippen molar-refractivity contribution in [3.63, 3.8) is 0 Å². The molecule has 2 N–H and O–H groups in total. The van der Waals surface area contributed by atoms with E-state index in [0.29, 0.717) is 23.5 Å². The van der Waals surface area contributed by atoms with Crippen molar-refractivity contribution in [3.8, 4) is 11.5 Å². The van der Waals surface area contributed by atoms with Gasteiger partial charge in [-0.05, 0) is 48.7 Å². The highest BCUT2D eigenvalue weighted by Gasteiger charge is 2.14. The molecular formula is C19H21FN2O4. The number of aryl methyl sites for hydroxylation is 1. The minimum Gasteiger partial charge on any atom is -0.493 e. The number of hydrogen-bond donors (Lipinski definition) is 2. The lowest BCUT2D eigenvalue weighted by molar-refractivity contribution is -0.136. The van der Waals surface area contributed by atoms with E-state index in [1.165, 1.54) is 18.2 Å². The Labute approximate surface area is 151 Å². The fraction of sp³-hybridized carbons (Fsp3) is 0.263. The summed E-state index contributed by atoms with van der Waals surface area (Å²) < 4.78 is 23.6.